The zero-order chi connectivity index (χ0) is 13.1. The van der Waals surface area contributed by atoms with Crippen molar-refractivity contribution in [3.63, 3.8) is 0 Å². The minimum Gasteiger partial charge on any atom is -0.398 e. The maximum absolute atomic E-state index is 13.0. The van der Waals surface area contributed by atoms with Crippen molar-refractivity contribution in [2.24, 2.45) is 0 Å². The van der Waals surface area contributed by atoms with Crippen molar-refractivity contribution in [2.75, 3.05) is 5.73 Å². The van der Waals surface area contributed by atoms with E-state index in [0.29, 0.717) is 22.0 Å². The molecule has 2 N–H and O–H groups in total. The molecule has 0 aromatic heterocycles. The number of halogens is 3. The number of hydrogen-bond donors (Lipinski definition) is 1. The van der Waals surface area contributed by atoms with Crippen LogP contribution >= 0.6 is 23.4 Å². The van der Waals surface area contributed by atoms with Crippen LogP contribution in [-0.4, -0.2) is 0 Å². The Balaban J connectivity index is 2.14. The van der Waals surface area contributed by atoms with Crippen LogP contribution in [0.5, 0.6) is 0 Å². The van der Waals surface area contributed by atoms with Gasteiger partial charge in [-0.2, -0.15) is 0 Å². The number of rotatable bonds is 3. The number of nitrogens with two attached hydrogens (primary N) is 1. The van der Waals surface area contributed by atoms with Crippen LogP contribution in [0.15, 0.2) is 41.3 Å². The van der Waals surface area contributed by atoms with E-state index in [0.717, 1.165) is 11.0 Å². The van der Waals surface area contributed by atoms with E-state index >= 15 is 0 Å². The third-order valence-corrected chi connectivity index (χ3v) is 4.01. The summed E-state index contributed by atoms with van der Waals surface area (Å²) in [7, 11) is 0. The van der Waals surface area contributed by atoms with Gasteiger partial charge in [-0.15, -0.1) is 11.8 Å². The minimum absolute atomic E-state index is 0.477. The highest BCUT2D eigenvalue weighted by atomic mass is 35.5. The van der Waals surface area contributed by atoms with Crippen molar-refractivity contribution in [1.29, 1.82) is 0 Å². The molecule has 2 aromatic carbocycles. The van der Waals surface area contributed by atoms with Crippen molar-refractivity contribution in [2.45, 2.75) is 10.6 Å². The highest BCUT2D eigenvalue weighted by Crippen LogP contribution is 2.34. The zero-order valence-electron chi connectivity index (χ0n) is 9.29. The number of hydrogen-bond acceptors (Lipinski definition) is 2. The maximum Gasteiger partial charge on any atom is 0.159 e. The van der Waals surface area contributed by atoms with Gasteiger partial charge < -0.3 is 5.73 Å². The molecule has 1 nitrogen and oxygen atoms in total. The van der Waals surface area contributed by atoms with Crippen LogP contribution in [0.3, 0.4) is 0 Å². The highest BCUT2D eigenvalue weighted by molar-refractivity contribution is 7.98. The molecule has 0 saturated heterocycles. The van der Waals surface area contributed by atoms with Gasteiger partial charge in [0.1, 0.15) is 0 Å². The van der Waals surface area contributed by atoms with Crippen molar-refractivity contribution < 1.29 is 8.78 Å². The van der Waals surface area contributed by atoms with Crippen LogP contribution in [0.2, 0.25) is 5.02 Å². The molecule has 0 unspecified atom stereocenters. The van der Waals surface area contributed by atoms with E-state index in [1.54, 1.807) is 24.3 Å². The summed E-state index contributed by atoms with van der Waals surface area (Å²) in [4.78, 5) is 0.754. The number of anilines is 1. The molecule has 94 valence electrons. The topological polar surface area (TPSA) is 26.0 Å². The van der Waals surface area contributed by atoms with Crippen LogP contribution < -0.4 is 5.73 Å². The second-order valence-electron chi connectivity index (χ2n) is 3.70. The molecule has 0 heterocycles. The van der Waals surface area contributed by atoms with Gasteiger partial charge in [-0.05, 0) is 29.8 Å². The summed E-state index contributed by atoms with van der Waals surface area (Å²) < 4.78 is 25.8. The SMILES string of the molecule is Nc1cccc(Cl)c1SCc1ccc(F)c(F)c1. The summed E-state index contributed by atoms with van der Waals surface area (Å²) in [5, 5.41) is 0.558. The molecular formula is C13H10ClF2NS. The molecule has 5 heteroatoms. The van der Waals surface area contributed by atoms with Crippen LogP contribution in [-0.2, 0) is 5.75 Å². The Labute approximate surface area is 113 Å². The van der Waals surface area contributed by atoms with Gasteiger partial charge in [-0.1, -0.05) is 23.7 Å². The minimum atomic E-state index is -0.847. The molecule has 2 rings (SSSR count). The Hall–Kier alpha value is -1.26. The van der Waals surface area contributed by atoms with E-state index in [1.165, 1.54) is 17.8 Å². The fourth-order valence-corrected chi connectivity index (χ4v) is 2.74. The standard InChI is InChI=1S/C13H10ClF2NS/c14-9-2-1-3-12(17)13(9)18-7-8-4-5-10(15)11(16)6-8/h1-6H,7,17H2. The van der Waals surface area contributed by atoms with Gasteiger partial charge >= 0.3 is 0 Å². The van der Waals surface area contributed by atoms with Gasteiger partial charge in [0.2, 0.25) is 0 Å². The third-order valence-electron chi connectivity index (χ3n) is 2.36. The second-order valence-corrected chi connectivity index (χ2v) is 5.09. The summed E-state index contributed by atoms with van der Waals surface area (Å²) in [5.41, 5.74) is 7.06. The van der Waals surface area contributed by atoms with E-state index in [2.05, 4.69) is 0 Å². The van der Waals surface area contributed by atoms with Crippen LogP contribution in [0.1, 0.15) is 5.56 Å². The van der Waals surface area contributed by atoms with E-state index < -0.39 is 11.6 Å². The Morgan fingerprint density at radius 3 is 2.56 bits per heavy atom. The number of nitrogen functional groups attached to an aromatic ring is 1. The van der Waals surface area contributed by atoms with Gasteiger partial charge in [0, 0.05) is 16.3 Å². The average Bonchev–Trinajstić information content (AvgIpc) is 2.33. The van der Waals surface area contributed by atoms with Crippen LogP contribution in [0.25, 0.3) is 0 Å². The van der Waals surface area contributed by atoms with E-state index in [-0.39, 0.29) is 0 Å². The molecule has 18 heavy (non-hydrogen) atoms. The zero-order valence-corrected chi connectivity index (χ0v) is 10.9. The first kappa shape index (κ1) is 13.2. The molecule has 0 amide bonds. The first-order valence-corrected chi connectivity index (χ1v) is 6.55. The fourth-order valence-electron chi connectivity index (χ4n) is 1.46. The van der Waals surface area contributed by atoms with Crippen LogP contribution in [0.4, 0.5) is 14.5 Å². The summed E-state index contributed by atoms with van der Waals surface area (Å²) in [6.07, 6.45) is 0. The molecule has 2 aromatic rings. The van der Waals surface area contributed by atoms with Gasteiger partial charge in [-0.3, -0.25) is 0 Å². The number of benzene rings is 2. The normalized spacial score (nSPS) is 10.6. The Bertz CT molecular complexity index is 555. The summed E-state index contributed by atoms with van der Waals surface area (Å²) in [6.45, 7) is 0. The second kappa shape index (κ2) is 5.59. The molecular weight excluding hydrogens is 276 g/mol. The lowest BCUT2D eigenvalue weighted by atomic mass is 10.2. The lowest BCUT2D eigenvalue weighted by Gasteiger charge is -2.07. The fraction of sp³-hybridized carbons (Fsp3) is 0.0769. The molecule has 0 fully saturated rings. The van der Waals surface area contributed by atoms with Crippen molar-refractivity contribution >= 4 is 29.1 Å². The number of thioether (sulfide) groups is 1. The molecule has 0 aliphatic carbocycles. The average molecular weight is 286 g/mol. The van der Waals surface area contributed by atoms with Gasteiger partial charge in [0.15, 0.2) is 11.6 Å². The molecule has 0 spiro atoms. The Morgan fingerprint density at radius 1 is 1.11 bits per heavy atom. The van der Waals surface area contributed by atoms with E-state index in [1.807, 2.05) is 0 Å². The van der Waals surface area contributed by atoms with Gasteiger partial charge in [-0.25, -0.2) is 8.78 Å². The molecule has 0 aliphatic rings. The van der Waals surface area contributed by atoms with Gasteiger partial charge in [0.05, 0.1) is 5.02 Å². The molecule has 0 radical (unpaired) electrons. The lowest BCUT2D eigenvalue weighted by molar-refractivity contribution is 0.507. The molecule has 0 aliphatic heterocycles. The monoisotopic (exact) mass is 285 g/mol. The molecule has 0 atom stereocenters. The van der Waals surface area contributed by atoms with E-state index in [9.17, 15) is 8.78 Å². The summed E-state index contributed by atoms with van der Waals surface area (Å²) in [6, 6.07) is 9.08. The van der Waals surface area contributed by atoms with Crippen molar-refractivity contribution in [3.05, 3.63) is 58.6 Å². The largest absolute Gasteiger partial charge is 0.398 e. The predicted molar refractivity (Wildman–Crippen MR) is 71.8 cm³/mol. The quantitative estimate of drug-likeness (QED) is 0.664. The Morgan fingerprint density at radius 2 is 1.89 bits per heavy atom. The lowest BCUT2D eigenvalue weighted by Crippen LogP contribution is -1.91. The highest BCUT2D eigenvalue weighted by Gasteiger charge is 2.07. The molecule has 0 saturated carbocycles. The van der Waals surface area contributed by atoms with Gasteiger partial charge in [0.25, 0.3) is 0 Å². The first-order chi connectivity index (χ1) is 8.58. The Kier molecular flexibility index (Phi) is 4.09. The van der Waals surface area contributed by atoms with Crippen molar-refractivity contribution in [3.8, 4) is 0 Å². The predicted octanol–water partition coefficient (Wildman–Crippen LogP) is 4.49. The van der Waals surface area contributed by atoms with Crippen LogP contribution in [0, 0.1) is 11.6 Å². The maximum atomic E-state index is 13.0. The third kappa shape index (κ3) is 2.94. The van der Waals surface area contributed by atoms with E-state index in [4.69, 9.17) is 17.3 Å². The summed E-state index contributed by atoms with van der Waals surface area (Å²) >= 11 is 7.41. The smallest absolute Gasteiger partial charge is 0.159 e. The molecule has 0 bridgehead atoms. The summed E-state index contributed by atoms with van der Waals surface area (Å²) in [5.74, 6) is -1.22. The first-order valence-electron chi connectivity index (χ1n) is 5.18. The van der Waals surface area contributed by atoms with Crippen molar-refractivity contribution in [1.82, 2.24) is 0 Å².